The minimum atomic E-state index is -0.576. The van der Waals surface area contributed by atoms with Gasteiger partial charge in [-0.3, -0.25) is 9.69 Å². The number of hydrogen-bond acceptors (Lipinski definition) is 5. The molecule has 1 unspecified atom stereocenters. The second-order valence-corrected chi connectivity index (χ2v) is 8.44. The van der Waals surface area contributed by atoms with E-state index in [1.807, 2.05) is 18.2 Å². The fraction of sp³-hybridized carbons (Fsp3) is 0.650. The van der Waals surface area contributed by atoms with Crippen LogP contribution in [0.15, 0.2) is 18.2 Å². The quantitative estimate of drug-likeness (QED) is 0.896. The molecule has 0 aromatic heterocycles. The summed E-state index contributed by atoms with van der Waals surface area (Å²) in [5, 5.41) is 3.68. The maximum absolute atomic E-state index is 13.7. The number of nitrogens with one attached hydrogen (secondary N) is 1. The van der Waals surface area contributed by atoms with Gasteiger partial charge < -0.3 is 14.8 Å². The molecule has 1 aromatic rings. The van der Waals surface area contributed by atoms with E-state index in [4.69, 9.17) is 9.47 Å². The third-order valence-corrected chi connectivity index (χ3v) is 7.66. The maximum Gasteiger partial charge on any atom is 0.193 e. The number of rotatable bonds is 2. The van der Waals surface area contributed by atoms with Crippen molar-refractivity contribution in [2.45, 2.75) is 50.1 Å². The highest BCUT2D eigenvalue weighted by atomic mass is 16.5. The van der Waals surface area contributed by atoms with Crippen LogP contribution in [0.2, 0.25) is 0 Å². The van der Waals surface area contributed by atoms with Crippen molar-refractivity contribution in [3.05, 3.63) is 23.8 Å². The highest BCUT2D eigenvalue weighted by molar-refractivity contribution is 6.14. The van der Waals surface area contributed by atoms with Crippen LogP contribution >= 0.6 is 0 Å². The molecule has 1 saturated carbocycles. The first-order valence-corrected chi connectivity index (χ1v) is 9.59. The average molecular weight is 340 g/mol. The molecular formula is C20H24N2O3. The zero-order chi connectivity index (χ0) is 16.9. The predicted molar refractivity (Wildman–Crippen MR) is 92.8 cm³/mol. The van der Waals surface area contributed by atoms with E-state index < -0.39 is 5.54 Å². The van der Waals surface area contributed by atoms with Crippen LogP contribution in [0.3, 0.4) is 0 Å². The lowest BCUT2D eigenvalue weighted by molar-refractivity contribution is -0.129. The van der Waals surface area contributed by atoms with Crippen molar-refractivity contribution >= 4 is 11.5 Å². The summed E-state index contributed by atoms with van der Waals surface area (Å²) in [5.74, 6) is 2.58. The number of carbonyl (C=O) groups excluding carboxylic acids is 1. The molecule has 1 spiro atoms. The first kappa shape index (κ1) is 14.6. The van der Waals surface area contributed by atoms with Crippen molar-refractivity contribution in [3.63, 3.8) is 0 Å². The molecule has 1 N–H and O–H groups in total. The molecule has 5 aliphatic heterocycles. The minimum absolute atomic E-state index is 0.0368. The number of benzene rings is 1. The van der Waals surface area contributed by atoms with Gasteiger partial charge in [0.2, 0.25) is 0 Å². The molecule has 0 amide bonds. The Balaban J connectivity index is 1.50. The third kappa shape index (κ3) is 1.52. The predicted octanol–water partition coefficient (Wildman–Crippen LogP) is 2.52. The summed E-state index contributed by atoms with van der Waals surface area (Å²) in [6.07, 6.45) is 3.77. The number of fused-ring (bicyclic) bond motifs is 4. The number of methoxy groups -OCH3 is 1. The molecule has 5 nitrogen and oxygen atoms in total. The summed E-state index contributed by atoms with van der Waals surface area (Å²) in [5.41, 5.74) is 1.14. The Bertz CT molecular complexity index is 780. The molecule has 5 heterocycles. The lowest BCUT2D eigenvalue weighted by Gasteiger charge is -2.59. The maximum atomic E-state index is 13.7. The van der Waals surface area contributed by atoms with Gasteiger partial charge in [0.05, 0.1) is 7.11 Å². The van der Waals surface area contributed by atoms with Gasteiger partial charge in [-0.1, -0.05) is 13.3 Å². The van der Waals surface area contributed by atoms with Gasteiger partial charge in [-0.05, 0) is 42.9 Å². The van der Waals surface area contributed by atoms with E-state index in [2.05, 4.69) is 17.1 Å². The van der Waals surface area contributed by atoms with Crippen LogP contribution in [0.25, 0.3) is 0 Å². The molecule has 5 heteroatoms. The highest BCUT2D eigenvalue weighted by Gasteiger charge is 2.72. The SMILES string of the molecule is CC[C@H]1C[C@@H]2C[C@@H]3[C@H]1N1C[C@H](O[C@@H]21)[C@@]31Nc2ccc(OC)cc2C1=O. The molecule has 7 rings (SSSR count). The minimum Gasteiger partial charge on any atom is -0.497 e. The fourth-order valence-electron chi connectivity index (χ4n) is 6.70. The normalized spacial score (nSPS) is 48.1. The fourth-order valence-corrected chi connectivity index (χ4v) is 6.70. The summed E-state index contributed by atoms with van der Waals surface area (Å²) >= 11 is 0. The van der Waals surface area contributed by atoms with Crippen LogP contribution < -0.4 is 10.1 Å². The number of piperidine rings is 3. The topological polar surface area (TPSA) is 50.8 Å². The van der Waals surface area contributed by atoms with E-state index in [0.717, 1.165) is 30.0 Å². The Morgan fingerprint density at radius 2 is 2.28 bits per heavy atom. The van der Waals surface area contributed by atoms with Gasteiger partial charge >= 0.3 is 0 Å². The molecule has 25 heavy (non-hydrogen) atoms. The van der Waals surface area contributed by atoms with Gasteiger partial charge in [-0.15, -0.1) is 0 Å². The van der Waals surface area contributed by atoms with Gasteiger partial charge in [0, 0.05) is 29.8 Å². The van der Waals surface area contributed by atoms with Gasteiger partial charge in [-0.25, -0.2) is 0 Å². The van der Waals surface area contributed by atoms with E-state index in [-0.39, 0.29) is 18.1 Å². The van der Waals surface area contributed by atoms with Gasteiger partial charge in [-0.2, -0.15) is 0 Å². The second kappa shape index (κ2) is 4.57. The molecule has 6 aliphatic rings. The van der Waals surface area contributed by atoms with Gasteiger partial charge in [0.15, 0.2) is 5.78 Å². The monoisotopic (exact) mass is 340 g/mol. The van der Waals surface area contributed by atoms with E-state index in [9.17, 15) is 4.79 Å². The summed E-state index contributed by atoms with van der Waals surface area (Å²) in [6, 6.07) is 6.29. The first-order valence-electron chi connectivity index (χ1n) is 9.59. The first-order chi connectivity index (χ1) is 12.2. The summed E-state index contributed by atoms with van der Waals surface area (Å²) in [7, 11) is 1.65. The van der Waals surface area contributed by atoms with Crippen molar-refractivity contribution in [3.8, 4) is 5.75 Å². The number of ether oxygens (including phenoxy) is 2. The van der Waals surface area contributed by atoms with Crippen molar-refractivity contribution in [1.29, 1.82) is 0 Å². The number of Topliss-reactive ketones (excluding diaryl/α,β-unsaturated/α-hetero) is 1. The number of hydrogen-bond donors (Lipinski definition) is 1. The molecule has 132 valence electrons. The van der Waals surface area contributed by atoms with Crippen LogP contribution in [0.5, 0.6) is 5.75 Å². The Morgan fingerprint density at radius 3 is 3.08 bits per heavy atom. The molecule has 5 fully saturated rings. The summed E-state index contributed by atoms with van der Waals surface area (Å²) in [6.45, 7) is 3.19. The number of ketones is 1. The van der Waals surface area contributed by atoms with E-state index in [0.29, 0.717) is 23.8 Å². The van der Waals surface area contributed by atoms with Crippen molar-refractivity contribution < 1.29 is 14.3 Å². The molecule has 0 radical (unpaired) electrons. The Hall–Kier alpha value is -1.59. The Morgan fingerprint density at radius 1 is 1.40 bits per heavy atom. The van der Waals surface area contributed by atoms with Crippen LogP contribution in [0.4, 0.5) is 5.69 Å². The lowest BCUT2D eigenvalue weighted by atomic mass is 9.56. The second-order valence-electron chi connectivity index (χ2n) is 8.44. The molecule has 1 aromatic carbocycles. The van der Waals surface area contributed by atoms with E-state index in [1.165, 1.54) is 12.8 Å². The third-order valence-electron chi connectivity index (χ3n) is 7.66. The number of carbonyl (C=O) groups is 1. The average Bonchev–Trinajstić information content (AvgIpc) is 3.17. The van der Waals surface area contributed by atoms with E-state index >= 15 is 0 Å². The number of anilines is 1. The smallest absolute Gasteiger partial charge is 0.193 e. The molecule has 1 aliphatic carbocycles. The molecule has 5 bridgehead atoms. The van der Waals surface area contributed by atoms with Crippen LogP contribution in [-0.2, 0) is 4.74 Å². The van der Waals surface area contributed by atoms with Crippen molar-refractivity contribution in [2.75, 3.05) is 19.0 Å². The summed E-state index contributed by atoms with van der Waals surface area (Å²) in [4.78, 5) is 16.3. The highest BCUT2D eigenvalue weighted by Crippen LogP contribution is 2.61. The molecule has 4 saturated heterocycles. The Labute approximate surface area is 147 Å². The van der Waals surface area contributed by atoms with Crippen LogP contribution in [0, 0.1) is 17.8 Å². The van der Waals surface area contributed by atoms with Gasteiger partial charge in [0.25, 0.3) is 0 Å². The zero-order valence-electron chi connectivity index (χ0n) is 14.7. The molecular weight excluding hydrogens is 316 g/mol. The summed E-state index contributed by atoms with van der Waals surface area (Å²) < 4.78 is 11.9. The van der Waals surface area contributed by atoms with Crippen molar-refractivity contribution in [1.82, 2.24) is 4.90 Å². The molecule has 8 atom stereocenters. The van der Waals surface area contributed by atoms with E-state index in [1.54, 1.807) is 7.11 Å². The van der Waals surface area contributed by atoms with Gasteiger partial charge in [0.1, 0.15) is 23.6 Å². The van der Waals surface area contributed by atoms with Crippen LogP contribution in [0.1, 0.15) is 36.5 Å². The largest absolute Gasteiger partial charge is 0.497 e. The Kier molecular flexibility index (Phi) is 2.66. The van der Waals surface area contributed by atoms with Crippen molar-refractivity contribution in [2.24, 2.45) is 17.8 Å². The lowest BCUT2D eigenvalue weighted by Crippen LogP contribution is -2.72. The standard InChI is InChI=1S/C20H24N2O3/c1-3-10-6-11-7-14-17(10)22-9-16(25-19(11)22)20(14)18(23)13-8-12(24-2)4-5-15(13)21-20/h4-5,8,10-11,14,16-17,19,21H,3,6-7,9H2,1-2H3/t10-,11+,14+,16-,17-,19-,20-/m0/s1. The van der Waals surface area contributed by atoms with Crippen LogP contribution in [-0.4, -0.2) is 48.3 Å². The number of nitrogens with zero attached hydrogens (tertiary/aromatic N) is 1. The zero-order valence-corrected chi connectivity index (χ0v) is 14.7.